The first-order valence-corrected chi connectivity index (χ1v) is 8.54. The minimum Gasteiger partial charge on any atom is -0.395 e. The third-order valence-electron chi connectivity index (χ3n) is 3.58. The van der Waals surface area contributed by atoms with E-state index in [0.717, 1.165) is 12.1 Å². The zero-order valence-corrected chi connectivity index (χ0v) is 15.6. The van der Waals surface area contributed by atoms with E-state index in [1.165, 1.54) is 0 Å². The molecular weight excluding hydrogens is 394 g/mol. The van der Waals surface area contributed by atoms with Gasteiger partial charge in [-0.1, -0.05) is 28.7 Å². The van der Waals surface area contributed by atoms with Crippen LogP contribution in [0.15, 0.2) is 40.6 Å². The molecule has 2 N–H and O–H groups in total. The zero-order valence-electron chi connectivity index (χ0n) is 14.0. The number of hydrogen-bond acceptors (Lipinski definition) is 7. The van der Waals surface area contributed by atoms with E-state index in [2.05, 4.69) is 10.2 Å². The smallest absolute Gasteiger partial charge is 0.270 e. The Bertz CT molecular complexity index is 837. The molecule has 27 heavy (non-hydrogen) atoms. The fourth-order valence-electron chi connectivity index (χ4n) is 2.31. The van der Waals surface area contributed by atoms with Crippen LogP contribution in [0, 0.1) is 10.1 Å². The van der Waals surface area contributed by atoms with E-state index in [0.29, 0.717) is 24.5 Å². The fraction of sp³-hybridized carbons (Fsp3) is 0.250. The van der Waals surface area contributed by atoms with Crippen LogP contribution >= 0.6 is 23.2 Å². The Morgan fingerprint density at radius 2 is 1.74 bits per heavy atom. The summed E-state index contributed by atoms with van der Waals surface area (Å²) in [7, 11) is 5.76. The molecule has 140 valence electrons. The molecule has 0 bridgehead atoms. The highest BCUT2D eigenvalue weighted by molar-refractivity contribution is 6.41. The van der Waals surface area contributed by atoms with Crippen molar-refractivity contribution >= 4 is 59.3 Å². The summed E-state index contributed by atoms with van der Waals surface area (Å²) in [6, 6.07) is 7.23. The van der Waals surface area contributed by atoms with E-state index in [1.54, 1.807) is 23.1 Å². The molecule has 0 aliphatic rings. The van der Waals surface area contributed by atoms with Crippen molar-refractivity contribution < 1.29 is 15.1 Å². The molecule has 2 rings (SSSR count). The Hall–Kier alpha value is -2.20. The molecule has 0 aliphatic heterocycles. The third kappa shape index (κ3) is 5.39. The van der Waals surface area contributed by atoms with Crippen LogP contribution in [0.1, 0.15) is 0 Å². The van der Waals surface area contributed by atoms with E-state index in [4.69, 9.17) is 41.3 Å². The van der Waals surface area contributed by atoms with Crippen LogP contribution in [0.25, 0.3) is 0 Å². The SMILES string of the molecule is [B]c1cc([N+](=O)[O-])cc(Cl)c1N=Nc1ccc(N(CCO)CCO)cc1Cl. The highest BCUT2D eigenvalue weighted by Gasteiger charge is 2.13. The maximum Gasteiger partial charge on any atom is 0.270 e. The Labute approximate surface area is 166 Å². The number of nitrogens with zero attached hydrogens (tertiary/aromatic N) is 4. The summed E-state index contributed by atoms with van der Waals surface area (Å²) in [4.78, 5) is 12.0. The van der Waals surface area contributed by atoms with Crippen molar-refractivity contribution in [3.05, 3.63) is 50.5 Å². The summed E-state index contributed by atoms with van der Waals surface area (Å²) in [5, 5.41) is 37.3. The third-order valence-corrected chi connectivity index (χ3v) is 4.17. The quantitative estimate of drug-likeness (QED) is 0.302. The van der Waals surface area contributed by atoms with Crippen molar-refractivity contribution in [2.45, 2.75) is 0 Å². The van der Waals surface area contributed by atoms with Gasteiger partial charge in [0, 0.05) is 30.9 Å². The van der Waals surface area contributed by atoms with Gasteiger partial charge in [-0.15, -0.1) is 10.2 Å². The number of non-ortho nitro benzene ring substituents is 1. The molecule has 0 atom stereocenters. The lowest BCUT2D eigenvalue weighted by Gasteiger charge is -2.23. The van der Waals surface area contributed by atoms with E-state index in [9.17, 15) is 10.1 Å². The Morgan fingerprint density at radius 1 is 1.07 bits per heavy atom. The topological polar surface area (TPSA) is 112 Å². The van der Waals surface area contributed by atoms with Gasteiger partial charge in [-0.05, 0) is 18.2 Å². The maximum absolute atomic E-state index is 10.8. The van der Waals surface area contributed by atoms with E-state index >= 15 is 0 Å². The van der Waals surface area contributed by atoms with Crippen LogP contribution in [0.2, 0.25) is 10.0 Å². The first kappa shape index (κ1) is 21.1. The summed E-state index contributed by atoms with van der Waals surface area (Å²) < 4.78 is 0. The number of benzene rings is 2. The number of azo groups is 1. The number of hydrogen-bond donors (Lipinski definition) is 2. The minimum atomic E-state index is -0.608. The molecule has 2 aromatic carbocycles. The van der Waals surface area contributed by atoms with Gasteiger partial charge in [-0.25, -0.2) is 0 Å². The Balaban J connectivity index is 2.29. The van der Waals surface area contributed by atoms with Gasteiger partial charge in [0.05, 0.1) is 33.9 Å². The van der Waals surface area contributed by atoms with Crippen LogP contribution in [-0.2, 0) is 0 Å². The molecular formula is C16H15BCl2N4O4. The van der Waals surface area contributed by atoms with Crippen LogP contribution in [0.5, 0.6) is 0 Å². The number of anilines is 1. The van der Waals surface area contributed by atoms with Crippen LogP contribution in [-0.4, -0.2) is 49.3 Å². The van der Waals surface area contributed by atoms with Gasteiger partial charge < -0.3 is 15.1 Å². The van der Waals surface area contributed by atoms with Gasteiger partial charge in [0.2, 0.25) is 0 Å². The molecule has 0 saturated heterocycles. The van der Waals surface area contributed by atoms with Crippen molar-refractivity contribution in [2.75, 3.05) is 31.2 Å². The largest absolute Gasteiger partial charge is 0.395 e. The lowest BCUT2D eigenvalue weighted by molar-refractivity contribution is -0.384. The standard InChI is InChI=1S/C16H15BCl2N4O4/c17-12-7-11(23(26)27)9-14(19)16(12)21-20-15-2-1-10(8-13(15)18)22(3-5-24)4-6-25/h1-2,7-9,24-25H,3-6H2. The molecule has 0 spiro atoms. The average Bonchev–Trinajstić information content (AvgIpc) is 2.61. The second kappa shape index (κ2) is 9.66. The molecule has 0 fully saturated rings. The monoisotopic (exact) mass is 408 g/mol. The van der Waals surface area contributed by atoms with Crippen molar-refractivity contribution in [3.63, 3.8) is 0 Å². The highest BCUT2D eigenvalue weighted by Crippen LogP contribution is 2.33. The molecule has 0 unspecified atom stereocenters. The molecule has 2 aromatic rings. The molecule has 2 radical (unpaired) electrons. The number of aliphatic hydroxyl groups excluding tert-OH is 2. The van der Waals surface area contributed by atoms with Crippen LogP contribution in [0.3, 0.4) is 0 Å². The Kier molecular flexibility index (Phi) is 7.55. The minimum absolute atomic E-state index is 0.00439. The second-order valence-electron chi connectivity index (χ2n) is 5.39. The number of aliphatic hydroxyl groups is 2. The van der Waals surface area contributed by atoms with Crippen LogP contribution < -0.4 is 10.4 Å². The van der Waals surface area contributed by atoms with Crippen molar-refractivity contribution in [2.24, 2.45) is 10.2 Å². The first-order valence-electron chi connectivity index (χ1n) is 7.78. The molecule has 0 aliphatic carbocycles. The predicted octanol–water partition coefficient (Wildman–Crippen LogP) is 2.90. The molecule has 11 heteroatoms. The number of halogens is 2. The highest BCUT2D eigenvalue weighted by atomic mass is 35.5. The summed E-state index contributed by atoms with van der Waals surface area (Å²) in [5.74, 6) is 0. The fourth-order valence-corrected chi connectivity index (χ4v) is 2.78. The molecule has 0 saturated carbocycles. The van der Waals surface area contributed by atoms with Crippen molar-refractivity contribution in [1.82, 2.24) is 0 Å². The lowest BCUT2D eigenvalue weighted by atomic mass is 9.94. The first-order chi connectivity index (χ1) is 12.9. The van der Waals surface area contributed by atoms with Gasteiger partial charge >= 0.3 is 0 Å². The maximum atomic E-state index is 10.8. The number of nitro benzene ring substituents is 1. The second-order valence-corrected chi connectivity index (χ2v) is 6.21. The molecule has 8 nitrogen and oxygen atoms in total. The van der Waals surface area contributed by atoms with Gasteiger partial charge in [0.25, 0.3) is 5.69 Å². The van der Waals surface area contributed by atoms with Crippen LogP contribution in [0.4, 0.5) is 22.7 Å². The normalized spacial score (nSPS) is 11.1. The van der Waals surface area contributed by atoms with Gasteiger partial charge in [0.1, 0.15) is 13.5 Å². The molecule has 0 aromatic heterocycles. The summed E-state index contributed by atoms with van der Waals surface area (Å²) in [6.07, 6.45) is 0. The Morgan fingerprint density at radius 3 is 2.26 bits per heavy atom. The van der Waals surface area contributed by atoms with Crippen molar-refractivity contribution in [3.8, 4) is 0 Å². The summed E-state index contributed by atoms with van der Waals surface area (Å²) >= 11 is 12.2. The van der Waals surface area contributed by atoms with Gasteiger partial charge in [-0.3, -0.25) is 10.1 Å². The predicted molar refractivity (Wildman–Crippen MR) is 106 cm³/mol. The molecule has 0 amide bonds. The number of nitro groups is 1. The van der Waals surface area contributed by atoms with E-state index in [-0.39, 0.29) is 40.1 Å². The molecule has 0 heterocycles. The van der Waals surface area contributed by atoms with E-state index in [1.807, 2.05) is 0 Å². The number of rotatable bonds is 8. The lowest BCUT2D eigenvalue weighted by Crippen LogP contribution is -2.29. The van der Waals surface area contributed by atoms with Crippen molar-refractivity contribution in [1.29, 1.82) is 0 Å². The average molecular weight is 409 g/mol. The van der Waals surface area contributed by atoms with E-state index < -0.39 is 4.92 Å². The zero-order chi connectivity index (χ0) is 20.0. The van der Waals surface area contributed by atoms with Gasteiger partial charge in [-0.2, -0.15) is 0 Å². The summed E-state index contributed by atoms with van der Waals surface area (Å²) in [6.45, 7) is 0.535. The summed E-state index contributed by atoms with van der Waals surface area (Å²) in [5.41, 5.74) is 0.913. The van der Waals surface area contributed by atoms with Gasteiger partial charge in [0.15, 0.2) is 0 Å².